The minimum Gasteiger partial charge on any atom is -0.311 e. The third-order valence-electron chi connectivity index (χ3n) is 6.37. The highest BCUT2D eigenvalue weighted by Crippen LogP contribution is 2.67. The minimum atomic E-state index is -0.214. The molecule has 1 fully saturated rings. The number of Topliss-reactive ketones (excluding diaryl/α,β-unsaturated/α-hetero) is 1. The van der Waals surface area contributed by atoms with Gasteiger partial charge in [-0.15, -0.1) is 0 Å². The Morgan fingerprint density at radius 3 is 2.14 bits per heavy atom. The lowest BCUT2D eigenvalue weighted by Crippen LogP contribution is -2.40. The number of hydrogen-bond donors (Lipinski definition) is 1. The summed E-state index contributed by atoms with van der Waals surface area (Å²) in [5.41, 5.74) is 2.64. The van der Waals surface area contributed by atoms with Crippen LogP contribution in [0.25, 0.3) is 0 Å². The fourth-order valence-corrected chi connectivity index (χ4v) is 5.92. The Balaban J connectivity index is 1.50. The van der Waals surface area contributed by atoms with Crippen LogP contribution in [0.1, 0.15) is 20.8 Å². The lowest BCUT2D eigenvalue weighted by atomic mass is 9.91. The maximum Gasteiger partial charge on any atom is 0.330 e. The van der Waals surface area contributed by atoms with Crippen LogP contribution in [0.3, 0.4) is 0 Å². The van der Waals surface area contributed by atoms with Gasteiger partial charge in [0.2, 0.25) is 0 Å². The smallest absolute Gasteiger partial charge is 0.311 e. The number of hydrogen-bond acceptors (Lipinski definition) is 3. The van der Waals surface area contributed by atoms with Crippen molar-refractivity contribution < 1.29 is 9.59 Å². The van der Waals surface area contributed by atoms with Crippen molar-refractivity contribution in [1.29, 1.82) is 0 Å². The quantitative estimate of drug-likeness (QED) is 0.749. The zero-order valence-corrected chi connectivity index (χ0v) is 16.9. The summed E-state index contributed by atoms with van der Waals surface area (Å²) in [6.07, 6.45) is 2.10. The van der Waals surface area contributed by atoms with E-state index in [-0.39, 0.29) is 23.1 Å². The van der Waals surface area contributed by atoms with Gasteiger partial charge >= 0.3 is 6.03 Å². The molecule has 0 aromatic heterocycles. The van der Waals surface area contributed by atoms with E-state index >= 15 is 0 Å². The van der Waals surface area contributed by atoms with E-state index in [2.05, 4.69) is 25.2 Å². The van der Waals surface area contributed by atoms with Crippen LogP contribution in [0.4, 0.5) is 16.2 Å². The summed E-state index contributed by atoms with van der Waals surface area (Å²) < 4.78 is 0. The standard InChI is InChI=1S/C23H22N2O2S/c1-13(26)20-15(12-14-21(20)23(14,2)3)24-22(27)25-16-8-4-6-10-18(16)28-19-11-7-5-9-17(19)25/h4-12,14,20-21H,1-3H3,(H,24,27)/t14-,20+,21-/m1/s1. The molecule has 0 unspecified atom stereocenters. The number of carbonyl (C=O) groups is 2. The van der Waals surface area contributed by atoms with Crippen molar-refractivity contribution in [1.82, 2.24) is 5.32 Å². The highest BCUT2D eigenvalue weighted by molar-refractivity contribution is 7.99. The van der Waals surface area contributed by atoms with Crippen LogP contribution < -0.4 is 10.2 Å². The molecule has 5 rings (SSSR count). The van der Waals surface area contributed by atoms with Crippen LogP contribution >= 0.6 is 11.8 Å². The highest BCUT2D eigenvalue weighted by atomic mass is 32.2. The maximum atomic E-state index is 13.4. The number of urea groups is 1. The number of rotatable bonds is 2. The lowest BCUT2D eigenvalue weighted by Gasteiger charge is -2.32. The fraction of sp³-hybridized carbons (Fsp3) is 0.304. The monoisotopic (exact) mass is 390 g/mol. The lowest BCUT2D eigenvalue weighted by molar-refractivity contribution is -0.120. The van der Waals surface area contributed by atoms with Crippen LogP contribution in [0, 0.1) is 23.2 Å². The molecule has 0 radical (unpaired) electrons. The number of allylic oxidation sites excluding steroid dienone is 2. The second kappa shape index (κ2) is 5.98. The summed E-state index contributed by atoms with van der Waals surface area (Å²) in [5, 5.41) is 3.08. The van der Waals surface area contributed by atoms with Gasteiger partial charge in [-0.05, 0) is 48.4 Å². The number of para-hydroxylation sites is 2. The van der Waals surface area contributed by atoms with Gasteiger partial charge in [0.15, 0.2) is 0 Å². The van der Waals surface area contributed by atoms with E-state index in [4.69, 9.17) is 0 Å². The van der Waals surface area contributed by atoms with Crippen molar-refractivity contribution in [3.63, 3.8) is 0 Å². The summed E-state index contributed by atoms with van der Waals surface area (Å²) in [7, 11) is 0. The Kier molecular flexibility index (Phi) is 3.75. The molecular formula is C23H22N2O2S. The Bertz CT molecular complexity index is 997. The Labute approximate surface area is 169 Å². The number of anilines is 2. The first-order valence-corrected chi connectivity index (χ1v) is 10.4. The Morgan fingerprint density at radius 2 is 1.57 bits per heavy atom. The van der Waals surface area contributed by atoms with Gasteiger partial charge in [-0.25, -0.2) is 4.79 Å². The molecule has 4 nitrogen and oxygen atoms in total. The van der Waals surface area contributed by atoms with Gasteiger partial charge in [-0.3, -0.25) is 9.69 Å². The number of ketones is 1. The zero-order valence-electron chi connectivity index (χ0n) is 16.1. The molecule has 2 aliphatic carbocycles. The molecule has 28 heavy (non-hydrogen) atoms. The maximum absolute atomic E-state index is 13.4. The average Bonchev–Trinajstić information content (AvgIpc) is 3.01. The molecule has 3 atom stereocenters. The van der Waals surface area contributed by atoms with Gasteiger partial charge in [-0.1, -0.05) is 56.0 Å². The van der Waals surface area contributed by atoms with E-state index < -0.39 is 0 Å². The van der Waals surface area contributed by atoms with Crippen molar-refractivity contribution in [2.24, 2.45) is 23.2 Å². The molecule has 1 heterocycles. The molecule has 2 amide bonds. The second-order valence-electron chi connectivity index (χ2n) is 8.39. The topological polar surface area (TPSA) is 49.4 Å². The summed E-state index contributed by atoms with van der Waals surface area (Å²) in [6, 6.07) is 15.6. The molecule has 1 aliphatic heterocycles. The van der Waals surface area contributed by atoms with E-state index in [1.54, 1.807) is 23.6 Å². The third-order valence-corrected chi connectivity index (χ3v) is 7.50. The Hall–Kier alpha value is -2.53. The van der Waals surface area contributed by atoms with E-state index in [0.29, 0.717) is 11.8 Å². The molecule has 5 heteroatoms. The van der Waals surface area contributed by atoms with Crippen LogP contribution in [-0.2, 0) is 4.79 Å². The van der Waals surface area contributed by atoms with Gasteiger partial charge in [0, 0.05) is 15.5 Å². The van der Waals surface area contributed by atoms with Gasteiger partial charge in [-0.2, -0.15) is 0 Å². The Morgan fingerprint density at radius 1 is 1.00 bits per heavy atom. The molecule has 1 N–H and O–H groups in total. The number of nitrogens with one attached hydrogen (secondary N) is 1. The predicted molar refractivity (Wildman–Crippen MR) is 111 cm³/mol. The molecule has 2 aromatic rings. The number of nitrogens with zero attached hydrogens (tertiary/aromatic N) is 1. The number of fused-ring (bicyclic) bond motifs is 3. The SMILES string of the molecule is CC(=O)[C@H]1C(NC(=O)N2c3ccccc3Sc3ccccc32)=C[C@@H]2[C@H]1C2(C)C. The van der Waals surface area contributed by atoms with Crippen molar-refractivity contribution in [2.45, 2.75) is 30.6 Å². The molecule has 0 saturated heterocycles. The minimum absolute atomic E-state index is 0.125. The number of carbonyl (C=O) groups excluding carboxylic acids is 2. The predicted octanol–water partition coefficient (Wildman–Crippen LogP) is 5.37. The molecule has 0 bridgehead atoms. The van der Waals surface area contributed by atoms with Crippen LogP contribution in [0.5, 0.6) is 0 Å². The zero-order chi connectivity index (χ0) is 19.6. The molecule has 2 aromatic carbocycles. The summed E-state index contributed by atoms with van der Waals surface area (Å²) in [6.45, 7) is 6.02. The third kappa shape index (κ3) is 2.46. The summed E-state index contributed by atoms with van der Waals surface area (Å²) in [5.74, 6) is 0.582. The summed E-state index contributed by atoms with van der Waals surface area (Å²) >= 11 is 1.67. The van der Waals surface area contributed by atoms with Crippen molar-refractivity contribution in [3.05, 3.63) is 60.3 Å². The van der Waals surface area contributed by atoms with Crippen LogP contribution in [0.2, 0.25) is 0 Å². The first-order valence-electron chi connectivity index (χ1n) is 9.59. The van der Waals surface area contributed by atoms with Crippen LogP contribution in [-0.4, -0.2) is 11.8 Å². The van der Waals surface area contributed by atoms with E-state index in [9.17, 15) is 9.59 Å². The second-order valence-corrected chi connectivity index (χ2v) is 9.47. The number of amides is 2. The fourth-order valence-electron chi connectivity index (χ4n) is 4.86. The molecule has 142 valence electrons. The first kappa shape index (κ1) is 17.6. The molecule has 1 saturated carbocycles. The van der Waals surface area contributed by atoms with Gasteiger partial charge in [0.05, 0.1) is 17.3 Å². The van der Waals surface area contributed by atoms with E-state index in [1.165, 1.54) is 0 Å². The highest BCUT2D eigenvalue weighted by Gasteiger charge is 2.65. The van der Waals surface area contributed by atoms with Crippen molar-refractivity contribution in [3.8, 4) is 0 Å². The van der Waals surface area contributed by atoms with Gasteiger partial charge in [0.25, 0.3) is 0 Å². The van der Waals surface area contributed by atoms with Crippen molar-refractivity contribution >= 4 is 35.0 Å². The van der Waals surface area contributed by atoms with E-state index in [0.717, 1.165) is 26.9 Å². The largest absolute Gasteiger partial charge is 0.330 e. The van der Waals surface area contributed by atoms with Crippen molar-refractivity contribution in [2.75, 3.05) is 4.90 Å². The molecular weight excluding hydrogens is 368 g/mol. The number of benzene rings is 2. The average molecular weight is 391 g/mol. The van der Waals surface area contributed by atoms with E-state index in [1.807, 2.05) is 48.5 Å². The first-order chi connectivity index (χ1) is 13.4. The molecule has 3 aliphatic rings. The van der Waals surface area contributed by atoms with Gasteiger partial charge < -0.3 is 5.32 Å². The normalized spacial score (nSPS) is 25.9. The summed E-state index contributed by atoms with van der Waals surface area (Å²) in [4.78, 5) is 29.5. The molecule has 0 spiro atoms. The van der Waals surface area contributed by atoms with Crippen LogP contribution in [0.15, 0.2) is 70.1 Å². The van der Waals surface area contributed by atoms with Gasteiger partial charge in [0.1, 0.15) is 5.78 Å².